The van der Waals surface area contributed by atoms with Gasteiger partial charge in [-0.1, -0.05) is 24.6 Å². The Morgan fingerprint density at radius 3 is 2.76 bits per heavy atom. The quantitative estimate of drug-likeness (QED) is 0.649. The maximum absolute atomic E-state index is 12.4. The fourth-order valence-corrected chi connectivity index (χ4v) is 2.13. The van der Waals surface area contributed by atoms with Crippen molar-refractivity contribution < 1.29 is 13.5 Å². The van der Waals surface area contributed by atoms with Crippen LogP contribution in [-0.2, 0) is 6.54 Å². The summed E-state index contributed by atoms with van der Waals surface area (Å²) in [5, 5.41) is 6.42. The third kappa shape index (κ3) is 4.58. The molecule has 1 aromatic rings. The lowest BCUT2D eigenvalue weighted by atomic mass is 10.1. The van der Waals surface area contributed by atoms with E-state index in [4.69, 9.17) is 0 Å². The van der Waals surface area contributed by atoms with Crippen LogP contribution in [0.4, 0.5) is 8.78 Å². The minimum absolute atomic E-state index is 0.193. The highest BCUT2D eigenvalue weighted by molar-refractivity contribution is 5.80. The van der Waals surface area contributed by atoms with E-state index in [2.05, 4.69) is 27.3 Å². The van der Waals surface area contributed by atoms with Gasteiger partial charge in [0.2, 0.25) is 0 Å². The van der Waals surface area contributed by atoms with Crippen LogP contribution in [0.1, 0.15) is 24.5 Å². The number of ether oxygens (including phenoxy) is 1. The lowest BCUT2D eigenvalue weighted by Gasteiger charge is -2.15. The Hall–Kier alpha value is -1.85. The summed E-state index contributed by atoms with van der Waals surface area (Å²) in [6, 6.07) is 5.60. The number of guanidine groups is 1. The topological polar surface area (TPSA) is 45.7 Å². The second kappa shape index (κ2) is 6.74. The molecule has 0 radical (unpaired) electrons. The molecular weight excluding hydrogens is 276 g/mol. The Morgan fingerprint density at radius 2 is 2.19 bits per heavy atom. The third-order valence-electron chi connectivity index (χ3n) is 3.53. The van der Waals surface area contributed by atoms with Gasteiger partial charge in [-0.15, -0.1) is 0 Å². The Kier molecular flexibility index (Phi) is 4.98. The van der Waals surface area contributed by atoms with Crippen molar-refractivity contribution in [3.8, 4) is 5.75 Å². The molecule has 0 bridgehead atoms. The van der Waals surface area contributed by atoms with Crippen LogP contribution in [0.25, 0.3) is 0 Å². The van der Waals surface area contributed by atoms with E-state index < -0.39 is 6.61 Å². The number of hydrogen-bond acceptors (Lipinski definition) is 2. The van der Waals surface area contributed by atoms with E-state index in [0.29, 0.717) is 30.0 Å². The van der Waals surface area contributed by atoms with Crippen LogP contribution in [0, 0.1) is 12.8 Å². The summed E-state index contributed by atoms with van der Waals surface area (Å²) in [5.74, 6) is 1.52. The van der Waals surface area contributed by atoms with Gasteiger partial charge >= 0.3 is 6.61 Å². The summed E-state index contributed by atoms with van der Waals surface area (Å²) < 4.78 is 29.4. The van der Waals surface area contributed by atoms with Gasteiger partial charge in [0.15, 0.2) is 5.96 Å². The number of benzene rings is 1. The van der Waals surface area contributed by atoms with Crippen LogP contribution in [0.3, 0.4) is 0 Å². The van der Waals surface area contributed by atoms with Crippen molar-refractivity contribution >= 4 is 5.96 Å². The molecule has 21 heavy (non-hydrogen) atoms. The molecule has 2 rings (SSSR count). The SMILES string of the molecule is CN=C(NCc1cc(C)ccc1OC(F)F)NC1CC1C. The first-order valence-corrected chi connectivity index (χ1v) is 7.01. The monoisotopic (exact) mass is 297 g/mol. The molecule has 1 aliphatic rings. The van der Waals surface area contributed by atoms with Crippen LogP contribution in [0.2, 0.25) is 0 Å². The van der Waals surface area contributed by atoms with Gasteiger partial charge in [0, 0.05) is 25.2 Å². The van der Waals surface area contributed by atoms with Crippen LogP contribution in [0.15, 0.2) is 23.2 Å². The Morgan fingerprint density at radius 1 is 1.48 bits per heavy atom. The average molecular weight is 297 g/mol. The van der Waals surface area contributed by atoms with E-state index in [-0.39, 0.29) is 5.75 Å². The lowest BCUT2D eigenvalue weighted by Crippen LogP contribution is -2.38. The van der Waals surface area contributed by atoms with Gasteiger partial charge in [-0.25, -0.2) is 0 Å². The first-order chi connectivity index (χ1) is 9.99. The summed E-state index contributed by atoms with van der Waals surface area (Å²) >= 11 is 0. The van der Waals surface area contributed by atoms with E-state index in [9.17, 15) is 8.78 Å². The molecule has 1 aliphatic carbocycles. The van der Waals surface area contributed by atoms with Gasteiger partial charge < -0.3 is 15.4 Å². The van der Waals surface area contributed by atoms with Crippen molar-refractivity contribution in [1.82, 2.24) is 10.6 Å². The van der Waals surface area contributed by atoms with Gasteiger partial charge in [-0.3, -0.25) is 4.99 Å². The lowest BCUT2D eigenvalue weighted by molar-refractivity contribution is -0.0504. The first-order valence-electron chi connectivity index (χ1n) is 7.01. The van der Waals surface area contributed by atoms with Gasteiger partial charge in [0.1, 0.15) is 5.75 Å². The largest absolute Gasteiger partial charge is 0.434 e. The molecule has 0 spiro atoms. The Balaban J connectivity index is 1.98. The fraction of sp³-hybridized carbons (Fsp3) is 0.533. The summed E-state index contributed by atoms with van der Waals surface area (Å²) in [4.78, 5) is 4.14. The zero-order valence-corrected chi connectivity index (χ0v) is 12.5. The fourth-order valence-electron chi connectivity index (χ4n) is 2.13. The highest BCUT2D eigenvalue weighted by Crippen LogP contribution is 2.28. The second-order valence-electron chi connectivity index (χ2n) is 5.38. The van der Waals surface area contributed by atoms with Crippen molar-refractivity contribution in [2.45, 2.75) is 39.5 Å². The molecule has 4 nitrogen and oxygen atoms in total. The highest BCUT2D eigenvalue weighted by Gasteiger charge is 2.33. The summed E-state index contributed by atoms with van der Waals surface area (Å²) in [7, 11) is 1.69. The van der Waals surface area contributed by atoms with Crippen LogP contribution < -0.4 is 15.4 Å². The third-order valence-corrected chi connectivity index (χ3v) is 3.53. The van der Waals surface area contributed by atoms with E-state index >= 15 is 0 Å². The zero-order chi connectivity index (χ0) is 15.4. The van der Waals surface area contributed by atoms with Gasteiger partial charge in [-0.05, 0) is 25.3 Å². The normalized spacial score (nSPS) is 21.3. The van der Waals surface area contributed by atoms with Gasteiger partial charge in [-0.2, -0.15) is 8.78 Å². The second-order valence-corrected chi connectivity index (χ2v) is 5.38. The maximum atomic E-state index is 12.4. The minimum Gasteiger partial charge on any atom is -0.434 e. The molecule has 0 heterocycles. The molecule has 6 heteroatoms. The number of aryl methyl sites for hydroxylation is 1. The summed E-state index contributed by atoms with van der Waals surface area (Å²) in [5.41, 5.74) is 1.68. The van der Waals surface area contributed by atoms with Crippen LogP contribution in [-0.4, -0.2) is 25.7 Å². The maximum Gasteiger partial charge on any atom is 0.387 e. The molecule has 0 amide bonds. The van der Waals surface area contributed by atoms with E-state index in [1.165, 1.54) is 0 Å². The zero-order valence-electron chi connectivity index (χ0n) is 12.5. The van der Waals surface area contributed by atoms with Gasteiger partial charge in [0.05, 0.1) is 0 Å². The molecule has 2 atom stereocenters. The minimum atomic E-state index is -2.82. The van der Waals surface area contributed by atoms with Gasteiger partial charge in [0.25, 0.3) is 0 Å². The average Bonchev–Trinajstić information content (AvgIpc) is 3.12. The first kappa shape index (κ1) is 15.5. The molecule has 0 aliphatic heterocycles. The number of rotatable bonds is 5. The Bertz CT molecular complexity index is 520. The molecule has 1 aromatic carbocycles. The summed E-state index contributed by atoms with van der Waals surface area (Å²) in [6.07, 6.45) is 1.13. The molecular formula is C15H21F2N3O. The summed E-state index contributed by atoms with van der Waals surface area (Å²) in [6.45, 7) is 1.63. The smallest absolute Gasteiger partial charge is 0.387 e. The van der Waals surface area contributed by atoms with E-state index in [1.807, 2.05) is 13.0 Å². The molecule has 2 N–H and O–H groups in total. The predicted molar refractivity (Wildman–Crippen MR) is 78.7 cm³/mol. The van der Waals surface area contributed by atoms with E-state index in [0.717, 1.165) is 12.0 Å². The standard InChI is InChI=1S/C15H21F2N3O/c1-9-4-5-13(21-14(16)17)11(6-9)8-19-15(18-3)20-12-7-10(12)2/h4-6,10,12,14H,7-8H2,1-3H3,(H2,18,19,20). The Labute approximate surface area is 123 Å². The van der Waals surface area contributed by atoms with Crippen LogP contribution >= 0.6 is 0 Å². The number of nitrogens with one attached hydrogen (secondary N) is 2. The van der Waals surface area contributed by atoms with Crippen molar-refractivity contribution in [2.24, 2.45) is 10.9 Å². The highest BCUT2D eigenvalue weighted by atomic mass is 19.3. The number of halogens is 2. The molecule has 116 valence electrons. The van der Waals surface area contributed by atoms with Crippen molar-refractivity contribution in [3.05, 3.63) is 29.3 Å². The number of alkyl halides is 2. The molecule has 1 fully saturated rings. The van der Waals surface area contributed by atoms with E-state index in [1.54, 1.807) is 19.2 Å². The van der Waals surface area contributed by atoms with Crippen molar-refractivity contribution in [3.63, 3.8) is 0 Å². The predicted octanol–water partition coefficient (Wildman–Crippen LogP) is 2.67. The molecule has 0 aromatic heterocycles. The number of hydrogen-bond donors (Lipinski definition) is 2. The molecule has 0 saturated heterocycles. The molecule has 2 unspecified atom stereocenters. The van der Waals surface area contributed by atoms with Crippen molar-refractivity contribution in [2.75, 3.05) is 7.05 Å². The number of nitrogens with zero attached hydrogens (tertiary/aromatic N) is 1. The van der Waals surface area contributed by atoms with Crippen LogP contribution in [0.5, 0.6) is 5.75 Å². The molecule has 1 saturated carbocycles. The van der Waals surface area contributed by atoms with Crippen molar-refractivity contribution in [1.29, 1.82) is 0 Å². The number of aliphatic imine (C=N–C) groups is 1.